The van der Waals surface area contributed by atoms with E-state index in [9.17, 15) is 9.59 Å². The standard InChI is InChI=1S/C18H23N3O2/c1-18(2,3)13-10-21-17(23)15(13)16(22)20-9-11-8-19-14-7-5-4-6-12(11)14/h4-8,13,15,19H,9-10H2,1-3H3,(H,20,22)(H,21,23)/t13-,15+/m1/s1. The highest BCUT2D eigenvalue weighted by atomic mass is 16.2. The third-order valence-electron chi connectivity index (χ3n) is 4.70. The van der Waals surface area contributed by atoms with Crippen molar-refractivity contribution in [2.75, 3.05) is 6.54 Å². The van der Waals surface area contributed by atoms with Crippen LogP contribution in [0.4, 0.5) is 0 Å². The Kier molecular flexibility index (Phi) is 3.88. The molecule has 0 spiro atoms. The number of H-pyrrole nitrogens is 1. The van der Waals surface area contributed by atoms with Gasteiger partial charge in [0, 0.05) is 36.1 Å². The molecule has 3 N–H and O–H groups in total. The van der Waals surface area contributed by atoms with E-state index >= 15 is 0 Å². The molecular formula is C18H23N3O2. The quantitative estimate of drug-likeness (QED) is 0.760. The summed E-state index contributed by atoms with van der Waals surface area (Å²) in [6, 6.07) is 7.97. The van der Waals surface area contributed by atoms with Gasteiger partial charge in [-0.3, -0.25) is 9.59 Å². The second-order valence-electron chi connectivity index (χ2n) is 7.27. The van der Waals surface area contributed by atoms with Crippen molar-refractivity contribution in [1.82, 2.24) is 15.6 Å². The molecule has 2 heterocycles. The Labute approximate surface area is 135 Å². The zero-order chi connectivity index (χ0) is 16.6. The highest BCUT2D eigenvalue weighted by molar-refractivity contribution is 6.02. The predicted molar refractivity (Wildman–Crippen MR) is 89.6 cm³/mol. The van der Waals surface area contributed by atoms with Gasteiger partial charge in [-0.2, -0.15) is 0 Å². The van der Waals surface area contributed by atoms with Crippen LogP contribution in [0.1, 0.15) is 26.3 Å². The van der Waals surface area contributed by atoms with Crippen LogP contribution >= 0.6 is 0 Å². The smallest absolute Gasteiger partial charge is 0.233 e. The highest BCUT2D eigenvalue weighted by Gasteiger charge is 2.45. The average Bonchev–Trinajstić information content (AvgIpc) is 3.08. The number of aromatic nitrogens is 1. The molecule has 23 heavy (non-hydrogen) atoms. The summed E-state index contributed by atoms with van der Waals surface area (Å²) in [5.74, 6) is -0.954. The lowest BCUT2D eigenvalue weighted by molar-refractivity contribution is -0.135. The number of hydrogen-bond donors (Lipinski definition) is 3. The van der Waals surface area contributed by atoms with Gasteiger partial charge in [-0.1, -0.05) is 39.0 Å². The first-order chi connectivity index (χ1) is 10.9. The van der Waals surface area contributed by atoms with Crippen LogP contribution in [0.3, 0.4) is 0 Å². The normalized spacial score (nSPS) is 21.4. The van der Waals surface area contributed by atoms with Crippen molar-refractivity contribution < 1.29 is 9.59 Å². The third kappa shape index (κ3) is 2.96. The predicted octanol–water partition coefficient (Wildman–Crippen LogP) is 2.19. The van der Waals surface area contributed by atoms with Gasteiger partial charge in [-0.15, -0.1) is 0 Å². The molecule has 2 atom stereocenters. The summed E-state index contributed by atoms with van der Waals surface area (Å²) >= 11 is 0. The molecule has 1 aliphatic heterocycles. The van der Waals surface area contributed by atoms with Crippen molar-refractivity contribution in [3.8, 4) is 0 Å². The average molecular weight is 313 g/mol. The molecule has 1 fully saturated rings. The van der Waals surface area contributed by atoms with Gasteiger partial charge >= 0.3 is 0 Å². The summed E-state index contributed by atoms with van der Waals surface area (Å²) < 4.78 is 0. The van der Waals surface area contributed by atoms with Gasteiger partial charge in [0.15, 0.2) is 0 Å². The van der Waals surface area contributed by atoms with Gasteiger partial charge in [0.25, 0.3) is 0 Å². The molecule has 122 valence electrons. The van der Waals surface area contributed by atoms with E-state index in [4.69, 9.17) is 0 Å². The van der Waals surface area contributed by atoms with Gasteiger partial charge < -0.3 is 15.6 Å². The second kappa shape index (κ2) is 5.72. The Morgan fingerprint density at radius 3 is 2.78 bits per heavy atom. The van der Waals surface area contributed by atoms with E-state index in [1.807, 2.05) is 30.5 Å². The molecule has 0 saturated carbocycles. The summed E-state index contributed by atoms with van der Waals surface area (Å²) in [5.41, 5.74) is 1.98. The van der Waals surface area contributed by atoms with Gasteiger partial charge in [-0.05, 0) is 17.0 Å². The molecule has 5 heteroatoms. The Morgan fingerprint density at radius 1 is 1.30 bits per heavy atom. The Bertz CT molecular complexity index is 742. The van der Waals surface area contributed by atoms with Crippen LogP contribution in [0.15, 0.2) is 30.5 Å². The van der Waals surface area contributed by atoms with Crippen molar-refractivity contribution in [3.63, 3.8) is 0 Å². The number of benzene rings is 1. The molecule has 1 aromatic heterocycles. The molecule has 0 aliphatic carbocycles. The lowest BCUT2D eigenvalue weighted by Crippen LogP contribution is -2.40. The number of carbonyl (C=O) groups excluding carboxylic acids is 2. The number of rotatable bonds is 3. The first kappa shape index (κ1) is 15.6. The van der Waals surface area contributed by atoms with Crippen LogP contribution in [0, 0.1) is 17.3 Å². The molecule has 1 saturated heterocycles. The minimum atomic E-state index is -0.611. The lowest BCUT2D eigenvalue weighted by atomic mass is 9.74. The summed E-state index contributed by atoms with van der Waals surface area (Å²) in [4.78, 5) is 27.8. The van der Waals surface area contributed by atoms with Crippen molar-refractivity contribution in [2.24, 2.45) is 17.3 Å². The molecule has 0 unspecified atom stereocenters. The van der Waals surface area contributed by atoms with Crippen molar-refractivity contribution >= 4 is 22.7 Å². The van der Waals surface area contributed by atoms with Gasteiger partial charge in [0.2, 0.25) is 11.8 Å². The maximum atomic E-state index is 12.6. The van der Waals surface area contributed by atoms with Crippen LogP contribution < -0.4 is 10.6 Å². The van der Waals surface area contributed by atoms with Crippen LogP contribution in [0.5, 0.6) is 0 Å². The van der Waals surface area contributed by atoms with Crippen molar-refractivity contribution in [2.45, 2.75) is 27.3 Å². The van der Waals surface area contributed by atoms with E-state index in [1.54, 1.807) is 0 Å². The maximum Gasteiger partial charge on any atom is 0.233 e. The largest absolute Gasteiger partial charge is 0.361 e. The fourth-order valence-electron chi connectivity index (χ4n) is 3.30. The summed E-state index contributed by atoms with van der Waals surface area (Å²) in [6.45, 7) is 7.19. The molecule has 5 nitrogen and oxygen atoms in total. The van der Waals surface area contributed by atoms with Crippen LogP contribution in [0.2, 0.25) is 0 Å². The maximum absolute atomic E-state index is 12.6. The Morgan fingerprint density at radius 2 is 2.04 bits per heavy atom. The van der Waals surface area contributed by atoms with E-state index < -0.39 is 5.92 Å². The molecule has 1 aromatic carbocycles. The fraction of sp³-hybridized carbons (Fsp3) is 0.444. The number of carbonyl (C=O) groups is 2. The number of fused-ring (bicyclic) bond motifs is 1. The minimum Gasteiger partial charge on any atom is -0.361 e. The fourth-order valence-corrected chi connectivity index (χ4v) is 3.30. The van der Waals surface area contributed by atoms with Gasteiger partial charge in [0.05, 0.1) is 0 Å². The zero-order valence-electron chi connectivity index (χ0n) is 13.8. The Balaban J connectivity index is 1.72. The first-order valence-electron chi connectivity index (χ1n) is 7.98. The minimum absolute atomic E-state index is 0.0120. The molecular weight excluding hydrogens is 290 g/mol. The molecule has 0 radical (unpaired) electrons. The summed E-state index contributed by atoms with van der Waals surface area (Å²) in [6.07, 6.45) is 1.90. The first-order valence-corrected chi connectivity index (χ1v) is 7.98. The summed E-state index contributed by atoms with van der Waals surface area (Å²) in [7, 11) is 0. The number of aromatic amines is 1. The number of para-hydroxylation sites is 1. The van der Waals surface area contributed by atoms with Crippen molar-refractivity contribution in [3.05, 3.63) is 36.0 Å². The number of hydrogen-bond acceptors (Lipinski definition) is 2. The molecule has 3 rings (SSSR count). The van der Waals surface area contributed by atoms with Crippen LogP contribution in [0.25, 0.3) is 10.9 Å². The Hall–Kier alpha value is -2.30. The van der Waals surface area contributed by atoms with Gasteiger partial charge in [-0.25, -0.2) is 0 Å². The van der Waals surface area contributed by atoms with E-state index in [0.29, 0.717) is 13.1 Å². The molecule has 1 aliphatic rings. The molecule has 2 aromatic rings. The molecule has 0 bridgehead atoms. The van der Waals surface area contributed by atoms with Crippen molar-refractivity contribution in [1.29, 1.82) is 0 Å². The second-order valence-corrected chi connectivity index (χ2v) is 7.27. The van der Waals surface area contributed by atoms with E-state index in [0.717, 1.165) is 16.5 Å². The lowest BCUT2D eigenvalue weighted by Gasteiger charge is -2.29. The van der Waals surface area contributed by atoms with Gasteiger partial charge in [0.1, 0.15) is 5.92 Å². The molecule has 2 amide bonds. The van der Waals surface area contributed by atoms with E-state index in [-0.39, 0.29) is 23.1 Å². The number of nitrogens with one attached hydrogen (secondary N) is 3. The van der Waals surface area contributed by atoms with E-state index in [1.165, 1.54) is 0 Å². The van der Waals surface area contributed by atoms with E-state index in [2.05, 4.69) is 36.4 Å². The SMILES string of the molecule is CC(C)(C)[C@@H]1CNC(=O)[C@@H]1C(=O)NCc1c[nH]c2ccccc12. The topological polar surface area (TPSA) is 74.0 Å². The zero-order valence-corrected chi connectivity index (χ0v) is 13.8. The monoisotopic (exact) mass is 313 g/mol. The van der Waals surface area contributed by atoms with Crippen LogP contribution in [-0.4, -0.2) is 23.3 Å². The third-order valence-corrected chi connectivity index (χ3v) is 4.70. The highest BCUT2D eigenvalue weighted by Crippen LogP contribution is 2.35. The number of amides is 2. The summed E-state index contributed by atoms with van der Waals surface area (Å²) in [5, 5.41) is 6.85. The van der Waals surface area contributed by atoms with Crippen LogP contribution in [-0.2, 0) is 16.1 Å².